The van der Waals surface area contributed by atoms with Crippen LogP contribution in [0.25, 0.3) is 0 Å². The van der Waals surface area contributed by atoms with Gasteiger partial charge in [-0.25, -0.2) is 0 Å². The van der Waals surface area contributed by atoms with Crippen LogP contribution >= 0.6 is 0 Å². The van der Waals surface area contributed by atoms with Gasteiger partial charge in [-0.05, 0) is 19.3 Å². The summed E-state index contributed by atoms with van der Waals surface area (Å²) >= 11 is 0. The molecule has 128 valence electrons. The molecule has 0 saturated carbocycles. The van der Waals surface area contributed by atoms with Crippen LogP contribution in [0.3, 0.4) is 0 Å². The highest BCUT2D eigenvalue weighted by molar-refractivity contribution is 5.90. The summed E-state index contributed by atoms with van der Waals surface area (Å²) in [7, 11) is 5.50. The van der Waals surface area contributed by atoms with E-state index < -0.39 is 18.0 Å². The molecule has 0 saturated heterocycles. The molecule has 1 unspecified atom stereocenters. The van der Waals surface area contributed by atoms with Crippen molar-refractivity contribution in [3.63, 3.8) is 0 Å². The zero-order valence-corrected chi connectivity index (χ0v) is 14.3. The van der Waals surface area contributed by atoms with Crippen LogP contribution in [0.2, 0.25) is 0 Å². The number of nitrogens with zero attached hydrogens (tertiary/aromatic N) is 1. The first-order valence-electron chi connectivity index (χ1n) is 7.99. The summed E-state index contributed by atoms with van der Waals surface area (Å²) in [5.74, 6) is -1.50. The van der Waals surface area contributed by atoms with Gasteiger partial charge in [0.25, 0.3) is 0 Å². The van der Waals surface area contributed by atoms with Crippen LogP contribution in [0.1, 0.15) is 51.4 Å². The van der Waals surface area contributed by atoms with Crippen molar-refractivity contribution in [2.75, 3.05) is 27.7 Å². The number of hydrogen-bond donors (Lipinski definition) is 2. The SMILES string of the molecule is C=CCCCCCCCC(=O)C(O)(CC(=O)O)C[N+](C)(C)C. The smallest absolute Gasteiger partial charge is 0.306 e. The number of rotatable bonds is 13. The molecular weight excluding hydrogens is 282 g/mol. The first-order chi connectivity index (χ1) is 10.1. The predicted molar refractivity (Wildman–Crippen MR) is 87.6 cm³/mol. The molecule has 1 atom stereocenters. The van der Waals surface area contributed by atoms with Crippen molar-refractivity contribution < 1.29 is 24.3 Å². The van der Waals surface area contributed by atoms with E-state index in [4.69, 9.17) is 5.11 Å². The van der Waals surface area contributed by atoms with Crippen molar-refractivity contribution in [1.82, 2.24) is 0 Å². The van der Waals surface area contributed by atoms with Crippen LogP contribution in [-0.2, 0) is 9.59 Å². The second kappa shape index (κ2) is 9.74. The maximum absolute atomic E-state index is 12.3. The van der Waals surface area contributed by atoms with E-state index >= 15 is 0 Å². The van der Waals surface area contributed by atoms with Gasteiger partial charge in [0.15, 0.2) is 11.4 Å². The Hall–Kier alpha value is -1.20. The predicted octanol–water partition coefficient (Wildman–Crippen LogP) is 2.38. The summed E-state index contributed by atoms with van der Waals surface area (Å²) in [5.41, 5.74) is -1.77. The number of hydrogen-bond acceptors (Lipinski definition) is 3. The molecule has 0 heterocycles. The number of quaternary nitrogens is 1. The standard InChI is InChI=1S/C17H31NO4/c1-5-6-7-8-9-10-11-12-15(19)17(22,13-16(20)21)14-18(2,3)4/h5,22H,1,6-14H2,2-4H3/p+1. The van der Waals surface area contributed by atoms with E-state index in [1.54, 1.807) is 0 Å². The first-order valence-corrected chi connectivity index (χ1v) is 7.99. The van der Waals surface area contributed by atoms with Crippen molar-refractivity contribution >= 4 is 11.8 Å². The number of allylic oxidation sites excluding steroid dienone is 1. The van der Waals surface area contributed by atoms with E-state index in [-0.39, 0.29) is 18.7 Å². The normalized spacial score (nSPS) is 14.4. The average molecular weight is 314 g/mol. The minimum atomic E-state index is -1.77. The molecule has 0 aliphatic rings. The summed E-state index contributed by atoms with van der Waals surface area (Å²) in [4.78, 5) is 23.2. The molecule has 0 aromatic rings. The Kier molecular flexibility index (Phi) is 9.21. The lowest BCUT2D eigenvalue weighted by Crippen LogP contribution is -2.54. The number of likely N-dealkylation sites (N-methyl/N-ethyl adjacent to an activating group) is 1. The van der Waals surface area contributed by atoms with Crippen molar-refractivity contribution in [3.8, 4) is 0 Å². The number of Topliss-reactive ketones (excluding diaryl/α,β-unsaturated/α-hetero) is 1. The highest BCUT2D eigenvalue weighted by Gasteiger charge is 2.42. The van der Waals surface area contributed by atoms with Crippen LogP contribution in [0.4, 0.5) is 0 Å². The fourth-order valence-electron chi connectivity index (χ4n) is 2.61. The van der Waals surface area contributed by atoms with Crippen molar-refractivity contribution in [1.29, 1.82) is 0 Å². The van der Waals surface area contributed by atoms with Gasteiger partial charge in [-0.15, -0.1) is 6.58 Å². The Balaban J connectivity index is 4.34. The maximum Gasteiger partial charge on any atom is 0.306 e. The minimum Gasteiger partial charge on any atom is -0.481 e. The first kappa shape index (κ1) is 20.8. The highest BCUT2D eigenvalue weighted by Crippen LogP contribution is 2.20. The Morgan fingerprint density at radius 1 is 1.09 bits per heavy atom. The monoisotopic (exact) mass is 314 g/mol. The van der Waals surface area contributed by atoms with Gasteiger partial charge in [-0.3, -0.25) is 9.59 Å². The van der Waals surface area contributed by atoms with Gasteiger partial charge in [-0.2, -0.15) is 0 Å². The fraction of sp³-hybridized carbons (Fsp3) is 0.765. The van der Waals surface area contributed by atoms with Crippen LogP contribution in [0, 0.1) is 0 Å². The summed E-state index contributed by atoms with van der Waals surface area (Å²) in [5, 5.41) is 19.5. The van der Waals surface area contributed by atoms with E-state index in [1.807, 2.05) is 27.2 Å². The lowest BCUT2D eigenvalue weighted by Gasteiger charge is -2.33. The minimum absolute atomic E-state index is 0.109. The van der Waals surface area contributed by atoms with Gasteiger partial charge in [-0.1, -0.05) is 25.3 Å². The molecule has 0 fully saturated rings. The lowest BCUT2D eigenvalue weighted by atomic mass is 9.89. The number of carbonyl (C=O) groups excluding carboxylic acids is 1. The largest absolute Gasteiger partial charge is 0.481 e. The molecule has 5 heteroatoms. The van der Waals surface area contributed by atoms with Crippen LogP contribution < -0.4 is 0 Å². The number of aliphatic hydroxyl groups is 1. The number of ketones is 1. The summed E-state index contributed by atoms with van der Waals surface area (Å²) in [6, 6.07) is 0. The maximum atomic E-state index is 12.3. The Morgan fingerprint density at radius 3 is 2.14 bits per heavy atom. The molecule has 0 rings (SSSR count). The number of aliphatic carboxylic acids is 1. The van der Waals surface area contributed by atoms with Gasteiger partial charge in [0, 0.05) is 6.42 Å². The number of unbranched alkanes of at least 4 members (excludes halogenated alkanes) is 5. The van der Waals surface area contributed by atoms with Crippen LogP contribution in [-0.4, -0.2) is 59.7 Å². The van der Waals surface area contributed by atoms with E-state index in [2.05, 4.69) is 6.58 Å². The van der Waals surface area contributed by atoms with Gasteiger partial charge in [0.2, 0.25) is 0 Å². The zero-order chi connectivity index (χ0) is 17.2. The molecule has 2 N–H and O–H groups in total. The van der Waals surface area contributed by atoms with Crippen LogP contribution in [0.15, 0.2) is 12.7 Å². The molecule has 22 heavy (non-hydrogen) atoms. The Morgan fingerprint density at radius 2 is 1.64 bits per heavy atom. The fourth-order valence-corrected chi connectivity index (χ4v) is 2.61. The van der Waals surface area contributed by atoms with Crippen LogP contribution in [0.5, 0.6) is 0 Å². The molecule has 0 aliphatic carbocycles. The molecule has 5 nitrogen and oxygen atoms in total. The number of carbonyl (C=O) groups is 2. The van der Waals surface area contributed by atoms with Gasteiger partial charge in [0.1, 0.15) is 6.54 Å². The van der Waals surface area contributed by atoms with E-state index in [9.17, 15) is 14.7 Å². The van der Waals surface area contributed by atoms with Gasteiger partial charge < -0.3 is 14.7 Å². The van der Waals surface area contributed by atoms with Gasteiger partial charge in [0.05, 0.1) is 27.6 Å². The molecule has 0 aliphatic heterocycles. The lowest BCUT2D eigenvalue weighted by molar-refractivity contribution is -0.875. The van der Waals surface area contributed by atoms with E-state index in [0.29, 0.717) is 10.9 Å². The number of carboxylic acids is 1. The Labute approximate surface area is 134 Å². The highest BCUT2D eigenvalue weighted by atomic mass is 16.4. The third-order valence-corrected chi connectivity index (χ3v) is 3.51. The molecular formula is C17H32NO4+. The van der Waals surface area contributed by atoms with E-state index in [0.717, 1.165) is 32.1 Å². The van der Waals surface area contributed by atoms with Crippen molar-refractivity contribution in [2.45, 2.75) is 57.0 Å². The topological polar surface area (TPSA) is 74.6 Å². The van der Waals surface area contributed by atoms with Crippen molar-refractivity contribution in [3.05, 3.63) is 12.7 Å². The molecule has 0 bridgehead atoms. The average Bonchev–Trinajstić information content (AvgIpc) is 2.34. The van der Waals surface area contributed by atoms with E-state index in [1.165, 1.54) is 0 Å². The second-order valence-corrected chi connectivity index (χ2v) is 7.07. The number of carboxylic acid groups (broad SMARTS) is 1. The molecule has 0 spiro atoms. The third-order valence-electron chi connectivity index (χ3n) is 3.51. The Bertz CT molecular complexity index is 373. The van der Waals surface area contributed by atoms with Gasteiger partial charge >= 0.3 is 5.97 Å². The molecule has 0 radical (unpaired) electrons. The summed E-state index contributed by atoms with van der Waals surface area (Å²) in [6.45, 7) is 3.78. The second-order valence-electron chi connectivity index (χ2n) is 7.07. The molecule has 0 aromatic carbocycles. The molecule has 0 aromatic heterocycles. The molecule has 0 amide bonds. The third kappa shape index (κ3) is 9.68. The van der Waals surface area contributed by atoms with Crippen molar-refractivity contribution in [2.24, 2.45) is 0 Å². The summed E-state index contributed by atoms with van der Waals surface area (Å²) < 4.78 is 0.344. The quantitative estimate of drug-likeness (QED) is 0.311. The zero-order valence-electron chi connectivity index (χ0n) is 14.3. The summed E-state index contributed by atoms with van der Waals surface area (Å²) in [6.07, 6.45) is 7.53.